The quantitative estimate of drug-likeness (QED) is 0.644. The van der Waals surface area contributed by atoms with E-state index in [1.165, 1.54) is 0 Å². The molecule has 0 aromatic heterocycles. The molecule has 0 spiro atoms. The molecule has 0 aromatic rings. The molecule has 22 heavy (non-hydrogen) atoms. The molecule has 7 nitrogen and oxygen atoms in total. The van der Waals surface area contributed by atoms with Crippen molar-refractivity contribution in [3.8, 4) is 0 Å². The summed E-state index contributed by atoms with van der Waals surface area (Å²) in [5.74, 6) is 0. The topological polar surface area (TPSA) is 64.6 Å². The van der Waals surface area contributed by atoms with Crippen molar-refractivity contribution in [2.24, 2.45) is 0 Å². The minimum Gasteiger partial charge on any atom is -0.379 e. The van der Waals surface area contributed by atoms with Crippen LogP contribution in [0.3, 0.4) is 0 Å². The Balaban J connectivity index is 2.00. The van der Waals surface area contributed by atoms with Gasteiger partial charge >= 0.3 is 0 Å². The molecule has 0 N–H and O–H groups in total. The second kappa shape index (κ2) is 17.1. The maximum Gasteiger partial charge on any atom is 0.0701 e. The van der Waals surface area contributed by atoms with E-state index in [2.05, 4.69) is 0 Å². The molecule has 1 heterocycles. The lowest BCUT2D eigenvalue weighted by Gasteiger charge is -2.09. The van der Waals surface area contributed by atoms with E-state index in [1.807, 2.05) is 0 Å². The Morgan fingerprint density at radius 3 is 0.636 bits per heavy atom. The fraction of sp³-hybridized carbons (Fsp3) is 1.00. The van der Waals surface area contributed by atoms with Gasteiger partial charge in [0.25, 0.3) is 0 Å². The first-order chi connectivity index (χ1) is 11.0. The zero-order valence-electron chi connectivity index (χ0n) is 13.5. The summed E-state index contributed by atoms with van der Waals surface area (Å²) in [6, 6.07) is 0. The molecule has 1 fully saturated rings. The molecule has 0 aromatic carbocycles. The standard InChI is InChI=1S/C15H30O7/c1-2-16-4-6-18-8-10-20-12-14-22-15-13-21-11-9-19-7-5-17-3-1/h1-15H2. The SMILES string of the molecule is C1COCCOCCOCCOCCOCCOCCOC1. The van der Waals surface area contributed by atoms with Crippen LogP contribution in [0.1, 0.15) is 6.42 Å². The number of hydrogen-bond acceptors (Lipinski definition) is 7. The molecule has 0 bridgehead atoms. The maximum atomic E-state index is 5.43. The minimum absolute atomic E-state index is 0.570. The second-order valence-corrected chi connectivity index (χ2v) is 4.64. The summed E-state index contributed by atoms with van der Waals surface area (Å²) in [5, 5.41) is 0. The number of ether oxygens (including phenoxy) is 7. The van der Waals surface area contributed by atoms with Crippen LogP contribution in [0.15, 0.2) is 0 Å². The van der Waals surface area contributed by atoms with Crippen LogP contribution in [0.4, 0.5) is 0 Å². The fourth-order valence-electron chi connectivity index (χ4n) is 1.68. The average Bonchev–Trinajstić information content (AvgIpc) is 2.53. The van der Waals surface area contributed by atoms with Gasteiger partial charge in [0, 0.05) is 13.2 Å². The molecule has 0 atom stereocenters. The van der Waals surface area contributed by atoms with Gasteiger partial charge in [0.2, 0.25) is 0 Å². The Labute approximate surface area is 133 Å². The largest absolute Gasteiger partial charge is 0.379 e. The first kappa shape index (κ1) is 19.8. The average molecular weight is 322 g/mol. The monoisotopic (exact) mass is 322 g/mol. The van der Waals surface area contributed by atoms with Gasteiger partial charge in [0.05, 0.1) is 79.3 Å². The molecule has 1 saturated heterocycles. The Kier molecular flexibility index (Phi) is 15.3. The molecular formula is C15H30O7. The minimum atomic E-state index is 0.570. The molecule has 7 heteroatoms. The fourth-order valence-corrected chi connectivity index (χ4v) is 1.68. The lowest BCUT2D eigenvalue weighted by atomic mass is 10.5. The third-order valence-corrected chi connectivity index (χ3v) is 2.81. The van der Waals surface area contributed by atoms with Crippen LogP contribution < -0.4 is 0 Å². The van der Waals surface area contributed by atoms with E-state index in [4.69, 9.17) is 33.2 Å². The predicted octanol–water partition coefficient (Wildman–Crippen LogP) is 0.506. The summed E-state index contributed by atoms with van der Waals surface area (Å²) in [5.41, 5.74) is 0. The molecule has 0 amide bonds. The Morgan fingerprint density at radius 1 is 0.227 bits per heavy atom. The van der Waals surface area contributed by atoms with E-state index in [0.29, 0.717) is 92.5 Å². The van der Waals surface area contributed by atoms with Gasteiger partial charge in [-0.1, -0.05) is 0 Å². The Bertz CT molecular complexity index is 118. The lowest BCUT2D eigenvalue weighted by Crippen LogP contribution is -2.15. The number of rotatable bonds is 0. The first-order valence-electron chi connectivity index (χ1n) is 8.04. The third kappa shape index (κ3) is 14.6. The highest BCUT2D eigenvalue weighted by molar-refractivity contribution is 4.39. The highest BCUT2D eigenvalue weighted by Crippen LogP contribution is 1.88. The van der Waals surface area contributed by atoms with Gasteiger partial charge in [0.1, 0.15) is 0 Å². The van der Waals surface area contributed by atoms with E-state index >= 15 is 0 Å². The summed E-state index contributed by atoms with van der Waals surface area (Å²) in [6.45, 7) is 8.35. The first-order valence-corrected chi connectivity index (χ1v) is 8.04. The van der Waals surface area contributed by atoms with Crippen molar-refractivity contribution in [1.29, 1.82) is 0 Å². The molecule has 0 radical (unpaired) electrons. The maximum absolute atomic E-state index is 5.43. The van der Waals surface area contributed by atoms with Crippen LogP contribution in [0.2, 0.25) is 0 Å². The van der Waals surface area contributed by atoms with Gasteiger partial charge < -0.3 is 33.2 Å². The molecule has 0 saturated carbocycles. The summed E-state index contributed by atoms with van der Waals surface area (Å²) in [7, 11) is 0. The van der Waals surface area contributed by atoms with Crippen LogP contribution in [-0.2, 0) is 33.2 Å². The van der Waals surface area contributed by atoms with Gasteiger partial charge in [-0.25, -0.2) is 0 Å². The third-order valence-electron chi connectivity index (χ3n) is 2.81. The van der Waals surface area contributed by atoms with Crippen LogP contribution in [0.25, 0.3) is 0 Å². The smallest absolute Gasteiger partial charge is 0.0701 e. The van der Waals surface area contributed by atoms with Gasteiger partial charge in [0.15, 0.2) is 0 Å². The summed E-state index contributed by atoms with van der Waals surface area (Å²) >= 11 is 0. The molecule has 0 aliphatic carbocycles. The van der Waals surface area contributed by atoms with Crippen LogP contribution in [0.5, 0.6) is 0 Å². The molecule has 1 aliphatic heterocycles. The van der Waals surface area contributed by atoms with E-state index in [0.717, 1.165) is 6.42 Å². The highest BCUT2D eigenvalue weighted by Gasteiger charge is 1.95. The lowest BCUT2D eigenvalue weighted by molar-refractivity contribution is -0.0255. The van der Waals surface area contributed by atoms with Crippen molar-refractivity contribution in [3.05, 3.63) is 0 Å². The van der Waals surface area contributed by atoms with E-state index < -0.39 is 0 Å². The second-order valence-electron chi connectivity index (χ2n) is 4.64. The molecular weight excluding hydrogens is 292 g/mol. The van der Waals surface area contributed by atoms with Gasteiger partial charge in [-0.3, -0.25) is 0 Å². The normalized spacial score (nSPS) is 24.0. The summed E-state index contributed by atoms with van der Waals surface area (Å²) in [6.07, 6.45) is 0.881. The van der Waals surface area contributed by atoms with Crippen molar-refractivity contribution in [3.63, 3.8) is 0 Å². The summed E-state index contributed by atoms with van der Waals surface area (Å²) in [4.78, 5) is 0. The van der Waals surface area contributed by atoms with Crippen molar-refractivity contribution in [1.82, 2.24) is 0 Å². The van der Waals surface area contributed by atoms with Gasteiger partial charge in [-0.2, -0.15) is 0 Å². The van der Waals surface area contributed by atoms with Crippen molar-refractivity contribution in [2.45, 2.75) is 6.42 Å². The summed E-state index contributed by atoms with van der Waals surface area (Å²) < 4.78 is 37.8. The van der Waals surface area contributed by atoms with Crippen LogP contribution in [0, 0.1) is 0 Å². The highest BCUT2D eigenvalue weighted by atomic mass is 16.6. The van der Waals surface area contributed by atoms with Crippen molar-refractivity contribution in [2.75, 3.05) is 92.5 Å². The van der Waals surface area contributed by atoms with E-state index in [9.17, 15) is 0 Å². The Hall–Kier alpha value is -0.280. The van der Waals surface area contributed by atoms with E-state index in [1.54, 1.807) is 0 Å². The zero-order valence-corrected chi connectivity index (χ0v) is 13.5. The Morgan fingerprint density at radius 2 is 0.409 bits per heavy atom. The van der Waals surface area contributed by atoms with Gasteiger partial charge in [-0.15, -0.1) is 0 Å². The molecule has 0 unspecified atom stereocenters. The number of hydrogen-bond donors (Lipinski definition) is 0. The van der Waals surface area contributed by atoms with Gasteiger partial charge in [-0.05, 0) is 6.42 Å². The molecule has 1 aliphatic rings. The van der Waals surface area contributed by atoms with Crippen LogP contribution in [-0.4, -0.2) is 92.5 Å². The van der Waals surface area contributed by atoms with Crippen molar-refractivity contribution < 1.29 is 33.2 Å². The van der Waals surface area contributed by atoms with Crippen molar-refractivity contribution >= 4 is 0 Å². The molecule has 132 valence electrons. The van der Waals surface area contributed by atoms with Crippen LogP contribution >= 0.6 is 0 Å². The van der Waals surface area contributed by atoms with E-state index in [-0.39, 0.29) is 0 Å². The molecule has 1 rings (SSSR count). The zero-order chi connectivity index (χ0) is 15.6. The predicted molar refractivity (Wildman–Crippen MR) is 80.4 cm³/mol.